The Balaban J connectivity index is 1.61. The number of thiophene rings is 1. The fourth-order valence-corrected chi connectivity index (χ4v) is 6.17. The zero-order valence-electron chi connectivity index (χ0n) is 20.0. The van der Waals surface area contributed by atoms with E-state index in [1.165, 1.54) is 4.88 Å². The lowest BCUT2D eigenvalue weighted by atomic mass is 9.69. The molecule has 1 N–H and O–H groups in total. The van der Waals surface area contributed by atoms with Crippen LogP contribution < -0.4 is 5.32 Å². The zero-order chi connectivity index (χ0) is 23.6. The molecular formula is C28H33NO3S. The van der Waals surface area contributed by atoms with E-state index in [0.717, 1.165) is 47.6 Å². The lowest BCUT2D eigenvalue weighted by Gasteiger charge is -2.36. The molecule has 0 aliphatic heterocycles. The molecule has 1 aliphatic rings. The molecule has 5 heteroatoms. The summed E-state index contributed by atoms with van der Waals surface area (Å²) in [6, 6.07) is 14.1. The highest BCUT2D eigenvalue weighted by Gasteiger charge is 2.35. The quantitative estimate of drug-likeness (QED) is 0.392. The molecular weight excluding hydrogens is 430 g/mol. The Labute approximate surface area is 200 Å². The molecule has 0 radical (unpaired) electrons. The van der Waals surface area contributed by atoms with Gasteiger partial charge in [-0.25, -0.2) is 4.79 Å². The van der Waals surface area contributed by atoms with E-state index in [-0.39, 0.29) is 23.7 Å². The van der Waals surface area contributed by atoms with Crippen molar-refractivity contribution in [2.24, 2.45) is 11.3 Å². The van der Waals surface area contributed by atoms with Crippen LogP contribution in [-0.2, 0) is 28.8 Å². The molecule has 4 rings (SSSR count). The third-order valence-electron chi connectivity index (χ3n) is 7.25. The van der Waals surface area contributed by atoms with E-state index >= 15 is 0 Å². The normalized spacial score (nSPS) is 15.8. The van der Waals surface area contributed by atoms with E-state index < -0.39 is 0 Å². The number of carbonyl (C=O) groups excluding carboxylic acids is 2. The fraction of sp³-hybridized carbons (Fsp3) is 0.429. The van der Waals surface area contributed by atoms with Gasteiger partial charge in [-0.05, 0) is 59.4 Å². The van der Waals surface area contributed by atoms with Crippen LogP contribution in [0, 0.1) is 11.3 Å². The van der Waals surface area contributed by atoms with Gasteiger partial charge in [0.25, 0.3) is 0 Å². The van der Waals surface area contributed by atoms with Gasteiger partial charge in [0.1, 0.15) is 5.00 Å². The summed E-state index contributed by atoms with van der Waals surface area (Å²) in [4.78, 5) is 27.2. The van der Waals surface area contributed by atoms with Crippen LogP contribution in [0.25, 0.3) is 10.8 Å². The Morgan fingerprint density at radius 3 is 2.64 bits per heavy atom. The third-order valence-corrected chi connectivity index (χ3v) is 8.41. The Hall–Kier alpha value is -2.66. The first kappa shape index (κ1) is 23.5. The van der Waals surface area contributed by atoms with Gasteiger partial charge in [0.2, 0.25) is 5.91 Å². The molecule has 3 aromatic rings. The average molecular weight is 464 g/mol. The summed E-state index contributed by atoms with van der Waals surface area (Å²) in [6.45, 7) is 9.03. The molecule has 1 atom stereocenters. The molecule has 1 aliphatic carbocycles. The van der Waals surface area contributed by atoms with Crippen LogP contribution in [0.15, 0.2) is 42.5 Å². The molecule has 1 aromatic heterocycles. The first-order chi connectivity index (χ1) is 15.8. The van der Waals surface area contributed by atoms with Gasteiger partial charge >= 0.3 is 5.97 Å². The molecule has 1 unspecified atom stereocenters. The van der Waals surface area contributed by atoms with Gasteiger partial charge < -0.3 is 10.1 Å². The van der Waals surface area contributed by atoms with Gasteiger partial charge in [-0.15, -0.1) is 11.3 Å². The third kappa shape index (κ3) is 4.84. The lowest BCUT2D eigenvalue weighted by molar-refractivity contribution is -0.115. The van der Waals surface area contributed by atoms with E-state index in [2.05, 4.69) is 38.2 Å². The Morgan fingerprint density at radius 1 is 1.12 bits per heavy atom. The summed E-state index contributed by atoms with van der Waals surface area (Å²) in [5.74, 6) is 0.132. The second-order valence-electron chi connectivity index (χ2n) is 9.57. The number of benzene rings is 2. The monoisotopic (exact) mass is 463 g/mol. The number of carbonyl (C=O) groups is 2. The molecule has 174 valence electrons. The molecule has 33 heavy (non-hydrogen) atoms. The van der Waals surface area contributed by atoms with Crippen molar-refractivity contribution in [3.05, 3.63) is 64.0 Å². The highest BCUT2D eigenvalue weighted by atomic mass is 32.1. The first-order valence-electron chi connectivity index (χ1n) is 11.9. The van der Waals surface area contributed by atoms with Crippen LogP contribution in [0.1, 0.15) is 66.9 Å². The summed E-state index contributed by atoms with van der Waals surface area (Å²) < 4.78 is 5.38. The van der Waals surface area contributed by atoms with Crippen molar-refractivity contribution in [3.63, 3.8) is 0 Å². The summed E-state index contributed by atoms with van der Waals surface area (Å²) in [5.41, 5.74) is 2.87. The zero-order valence-corrected chi connectivity index (χ0v) is 20.8. The minimum absolute atomic E-state index is 0.110. The highest BCUT2D eigenvalue weighted by Crippen LogP contribution is 2.45. The van der Waals surface area contributed by atoms with Gasteiger partial charge in [-0.3, -0.25) is 4.79 Å². The minimum Gasteiger partial charge on any atom is -0.462 e. The topological polar surface area (TPSA) is 55.4 Å². The predicted octanol–water partition coefficient (Wildman–Crippen LogP) is 6.80. The molecule has 0 saturated heterocycles. The minimum atomic E-state index is -0.330. The summed E-state index contributed by atoms with van der Waals surface area (Å²) in [7, 11) is 0. The number of hydrogen-bond acceptors (Lipinski definition) is 4. The SMILES string of the molecule is CCOC(=O)c1c(NC(=O)Cc2cccc3ccccc23)sc2c1CCC(C(C)(C)CC)C2. The second-order valence-corrected chi connectivity index (χ2v) is 10.7. The van der Waals surface area contributed by atoms with Crippen molar-refractivity contribution >= 4 is 39.0 Å². The Bertz CT molecular complexity index is 1170. The van der Waals surface area contributed by atoms with Crippen LogP contribution in [0.3, 0.4) is 0 Å². The van der Waals surface area contributed by atoms with Crippen LogP contribution in [0.5, 0.6) is 0 Å². The fourth-order valence-electron chi connectivity index (χ4n) is 4.84. The number of esters is 1. The van der Waals surface area contributed by atoms with E-state index in [1.54, 1.807) is 11.3 Å². The maximum atomic E-state index is 13.1. The first-order valence-corrected chi connectivity index (χ1v) is 12.7. The van der Waals surface area contributed by atoms with Crippen LogP contribution in [0.2, 0.25) is 0 Å². The van der Waals surface area contributed by atoms with Crippen LogP contribution >= 0.6 is 11.3 Å². The average Bonchev–Trinajstić information content (AvgIpc) is 3.16. The van der Waals surface area contributed by atoms with Gasteiger partial charge in [0, 0.05) is 4.88 Å². The van der Waals surface area contributed by atoms with Gasteiger partial charge in [0.15, 0.2) is 0 Å². The Kier molecular flexibility index (Phi) is 6.89. The van der Waals surface area contributed by atoms with Crippen LogP contribution in [-0.4, -0.2) is 18.5 Å². The number of anilines is 1. The maximum Gasteiger partial charge on any atom is 0.341 e. The standard InChI is InChI=1S/C28H33NO3S/c1-5-28(3,4)20-14-15-22-23(17-20)33-26(25(22)27(31)32-6-2)29-24(30)16-19-12-9-11-18-10-7-8-13-21(18)19/h7-13,20H,5-6,14-17H2,1-4H3,(H,29,30). The van der Waals surface area contributed by atoms with Crippen molar-refractivity contribution in [1.82, 2.24) is 0 Å². The van der Waals surface area contributed by atoms with Crippen molar-refractivity contribution in [2.75, 3.05) is 11.9 Å². The molecule has 0 bridgehead atoms. The molecule has 2 aromatic carbocycles. The highest BCUT2D eigenvalue weighted by molar-refractivity contribution is 7.17. The van der Waals surface area contributed by atoms with Crippen molar-refractivity contribution < 1.29 is 14.3 Å². The Morgan fingerprint density at radius 2 is 1.88 bits per heavy atom. The molecule has 0 fully saturated rings. The molecule has 0 saturated carbocycles. The smallest absolute Gasteiger partial charge is 0.341 e. The van der Waals surface area contributed by atoms with Crippen LogP contribution in [0.4, 0.5) is 5.00 Å². The number of ether oxygens (including phenoxy) is 1. The van der Waals surface area contributed by atoms with Crippen molar-refractivity contribution in [3.8, 4) is 0 Å². The maximum absolute atomic E-state index is 13.1. The van der Waals surface area contributed by atoms with Crippen molar-refractivity contribution in [1.29, 1.82) is 0 Å². The molecule has 0 spiro atoms. The van der Waals surface area contributed by atoms with E-state index in [0.29, 0.717) is 23.1 Å². The molecule has 1 amide bonds. The largest absolute Gasteiger partial charge is 0.462 e. The van der Waals surface area contributed by atoms with Gasteiger partial charge in [-0.2, -0.15) is 0 Å². The lowest BCUT2D eigenvalue weighted by Crippen LogP contribution is -2.28. The number of hydrogen-bond donors (Lipinski definition) is 1. The predicted molar refractivity (Wildman–Crippen MR) is 136 cm³/mol. The summed E-state index contributed by atoms with van der Waals surface area (Å²) >= 11 is 1.56. The van der Waals surface area contributed by atoms with Gasteiger partial charge in [-0.1, -0.05) is 69.7 Å². The van der Waals surface area contributed by atoms with E-state index in [9.17, 15) is 9.59 Å². The number of nitrogens with one attached hydrogen (secondary N) is 1. The van der Waals surface area contributed by atoms with Crippen molar-refractivity contribution in [2.45, 2.75) is 59.8 Å². The summed E-state index contributed by atoms with van der Waals surface area (Å²) in [5, 5.41) is 5.90. The van der Waals surface area contributed by atoms with Gasteiger partial charge in [0.05, 0.1) is 18.6 Å². The number of rotatable bonds is 7. The molecule has 4 nitrogen and oxygen atoms in total. The molecule has 1 heterocycles. The summed E-state index contributed by atoms with van der Waals surface area (Å²) in [6.07, 6.45) is 4.25. The second kappa shape index (κ2) is 9.68. The van der Waals surface area contributed by atoms with E-state index in [4.69, 9.17) is 4.74 Å². The number of fused-ring (bicyclic) bond motifs is 2. The van der Waals surface area contributed by atoms with E-state index in [1.807, 2.05) is 37.3 Å². The number of amides is 1.